The van der Waals surface area contributed by atoms with Gasteiger partial charge in [-0.2, -0.15) is 0 Å². The SMILES string of the molecule is CC(C)OC(=O)OCOP(C)(=O)Cc1cc(Br)c(Oc2ccc(O)c(C(C)C)c2)c(Br)c1. The summed E-state index contributed by atoms with van der Waals surface area (Å²) < 4.78 is 35.0. The van der Waals surface area contributed by atoms with Gasteiger partial charge in [-0.25, -0.2) is 4.79 Å². The Balaban J connectivity index is 2.08. The quantitative estimate of drug-likeness (QED) is 0.180. The molecule has 10 heteroatoms. The number of aromatic hydroxyl groups is 1. The maximum absolute atomic E-state index is 12.8. The molecule has 0 saturated heterocycles. The molecule has 2 aromatic rings. The molecule has 0 spiro atoms. The second-order valence-corrected chi connectivity index (χ2v) is 12.2. The lowest BCUT2D eigenvalue weighted by Crippen LogP contribution is -2.14. The van der Waals surface area contributed by atoms with Crippen LogP contribution in [0, 0.1) is 0 Å². The van der Waals surface area contributed by atoms with Crippen LogP contribution in [0.5, 0.6) is 17.2 Å². The molecule has 0 aliphatic heterocycles. The first-order valence-corrected chi connectivity index (χ1v) is 13.8. The van der Waals surface area contributed by atoms with Gasteiger partial charge in [0.2, 0.25) is 14.2 Å². The topological polar surface area (TPSA) is 91.3 Å². The van der Waals surface area contributed by atoms with Crippen molar-refractivity contribution >= 4 is 45.4 Å². The van der Waals surface area contributed by atoms with Crippen molar-refractivity contribution < 1.29 is 33.2 Å². The molecule has 0 amide bonds. The fourth-order valence-electron chi connectivity index (χ4n) is 2.77. The van der Waals surface area contributed by atoms with E-state index in [1.807, 2.05) is 13.8 Å². The molecule has 176 valence electrons. The minimum atomic E-state index is -3.09. The molecule has 0 aliphatic rings. The van der Waals surface area contributed by atoms with Crippen molar-refractivity contribution in [3.05, 3.63) is 50.4 Å². The molecule has 2 rings (SSSR count). The summed E-state index contributed by atoms with van der Waals surface area (Å²) >= 11 is 7.00. The first kappa shape index (κ1) is 26.7. The summed E-state index contributed by atoms with van der Waals surface area (Å²) in [4.78, 5) is 11.4. The zero-order valence-corrected chi connectivity index (χ0v) is 22.6. The maximum Gasteiger partial charge on any atom is 0.510 e. The molecule has 0 aromatic heterocycles. The zero-order valence-electron chi connectivity index (χ0n) is 18.6. The largest absolute Gasteiger partial charge is 0.510 e. The van der Waals surface area contributed by atoms with Crippen LogP contribution in [-0.4, -0.2) is 30.8 Å². The minimum absolute atomic E-state index is 0.129. The normalized spacial score (nSPS) is 13.2. The molecule has 1 unspecified atom stereocenters. The lowest BCUT2D eigenvalue weighted by Gasteiger charge is -2.17. The molecule has 1 N–H and O–H groups in total. The second kappa shape index (κ2) is 11.5. The standard InChI is InChI=1S/C22H27Br2O7P/c1-13(2)17-10-16(6-7-20(17)25)31-21-18(23)8-15(9-19(21)24)11-32(5,27)29-12-28-22(26)30-14(3)4/h6-10,13-14,25H,11-12H2,1-5H3. The van der Waals surface area contributed by atoms with Gasteiger partial charge >= 0.3 is 6.16 Å². The van der Waals surface area contributed by atoms with Gasteiger partial charge in [-0.3, -0.25) is 9.09 Å². The van der Waals surface area contributed by atoms with Crippen LogP contribution in [0.4, 0.5) is 4.79 Å². The summed E-state index contributed by atoms with van der Waals surface area (Å²) in [5.74, 6) is 1.49. The van der Waals surface area contributed by atoms with E-state index in [9.17, 15) is 14.5 Å². The molecule has 1 atom stereocenters. The van der Waals surface area contributed by atoms with Crippen LogP contribution in [0.25, 0.3) is 0 Å². The third-order valence-electron chi connectivity index (χ3n) is 4.20. The number of phenolic OH excluding ortho intramolecular Hbond substituents is 1. The van der Waals surface area contributed by atoms with Crippen molar-refractivity contribution in [3.63, 3.8) is 0 Å². The monoisotopic (exact) mass is 592 g/mol. The summed E-state index contributed by atoms with van der Waals surface area (Å²) in [6.07, 6.45) is -1.06. The van der Waals surface area contributed by atoms with E-state index in [0.717, 1.165) is 11.1 Å². The third-order valence-corrected chi connectivity index (χ3v) is 6.97. The van der Waals surface area contributed by atoms with Gasteiger partial charge in [0.25, 0.3) is 0 Å². The fraction of sp³-hybridized carbons (Fsp3) is 0.409. The summed E-state index contributed by atoms with van der Waals surface area (Å²) in [7, 11) is -3.09. The molecule has 0 saturated carbocycles. The van der Waals surface area contributed by atoms with Gasteiger partial charge in [0.15, 0.2) is 5.75 Å². The van der Waals surface area contributed by atoms with Crippen LogP contribution in [0.1, 0.15) is 44.7 Å². The Morgan fingerprint density at radius 1 is 1.09 bits per heavy atom. The van der Waals surface area contributed by atoms with Crippen molar-refractivity contribution in [3.8, 4) is 17.2 Å². The van der Waals surface area contributed by atoms with E-state index < -0.39 is 20.3 Å². The summed E-state index contributed by atoms with van der Waals surface area (Å²) in [6.45, 7) is 8.38. The molecular weight excluding hydrogens is 567 g/mol. The Morgan fingerprint density at radius 2 is 1.72 bits per heavy atom. The van der Waals surface area contributed by atoms with Crippen molar-refractivity contribution in [2.45, 2.75) is 45.9 Å². The molecule has 0 fully saturated rings. The highest BCUT2D eigenvalue weighted by atomic mass is 79.9. The number of carbonyl (C=O) groups excluding carboxylic acids is 1. The smallest absolute Gasteiger partial charge is 0.508 e. The first-order chi connectivity index (χ1) is 14.9. The number of hydrogen-bond donors (Lipinski definition) is 1. The molecule has 0 bridgehead atoms. The predicted molar refractivity (Wildman–Crippen MR) is 130 cm³/mol. The van der Waals surface area contributed by atoms with E-state index in [4.69, 9.17) is 18.7 Å². The van der Waals surface area contributed by atoms with E-state index in [0.29, 0.717) is 20.4 Å². The molecule has 0 radical (unpaired) electrons. The van der Waals surface area contributed by atoms with Gasteiger partial charge < -0.3 is 19.3 Å². The van der Waals surface area contributed by atoms with Gasteiger partial charge in [0.05, 0.1) is 15.0 Å². The van der Waals surface area contributed by atoms with Crippen molar-refractivity contribution in [2.75, 3.05) is 13.5 Å². The Labute approximate surface area is 205 Å². The van der Waals surface area contributed by atoms with Crippen molar-refractivity contribution in [2.24, 2.45) is 0 Å². The average Bonchev–Trinajstić information content (AvgIpc) is 2.64. The molecule has 7 nitrogen and oxygen atoms in total. The van der Waals surface area contributed by atoms with E-state index in [2.05, 4.69) is 31.9 Å². The Hall–Kier alpha value is -1.54. The molecular formula is C22H27Br2O7P. The van der Waals surface area contributed by atoms with Gasteiger partial charge in [0.1, 0.15) is 11.5 Å². The minimum Gasteiger partial charge on any atom is -0.508 e. The number of phenols is 1. The second-order valence-electron chi connectivity index (χ2n) is 7.85. The summed E-state index contributed by atoms with van der Waals surface area (Å²) in [6, 6.07) is 8.66. The van der Waals surface area contributed by atoms with Crippen LogP contribution in [0.15, 0.2) is 39.3 Å². The average molecular weight is 594 g/mol. The van der Waals surface area contributed by atoms with E-state index in [-0.39, 0.29) is 23.9 Å². The van der Waals surface area contributed by atoms with Gasteiger partial charge in [0, 0.05) is 18.4 Å². The lowest BCUT2D eigenvalue weighted by atomic mass is 10.0. The molecule has 0 heterocycles. The van der Waals surface area contributed by atoms with Gasteiger partial charge in [-0.1, -0.05) is 13.8 Å². The first-order valence-electron chi connectivity index (χ1n) is 9.91. The Bertz CT molecular complexity index is 985. The highest BCUT2D eigenvalue weighted by Crippen LogP contribution is 2.48. The highest BCUT2D eigenvalue weighted by molar-refractivity contribution is 9.11. The van der Waals surface area contributed by atoms with Crippen molar-refractivity contribution in [1.82, 2.24) is 0 Å². The van der Waals surface area contributed by atoms with Crippen LogP contribution in [0.3, 0.4) is 0 Å². The van der Waals surface area contributed by atoms with Crippen LogP contribution in [0.2, 0.25) is 0 Å². The lowest BCUT2D eigenvalue weighted by molar-refractivity contribution is -0.00696. The summed E-state index contributed by atoms with van der Waals surface area (Å²) in [5.41, 5.74) is 1.52. The number of hydrogen-bond acceptors (Lipinski definition) is 7. The zero-order chi connectivity index (χ0) is 24.1. The number of ether oxygens (including phenoxy) is 3. The van der Waals surface area contributed by atoms with E-state index in [1.165, 1.54) is 6.66 Å². The predicted octanol–water partition coefficient (Wildman–Crippen LogP) is 7.78. The summed E-state index contributed by atoms with van der Waals surface area (Å²) in [5, 5.41) is 10.0. The number of rotatable bonds is 9. The third kappa shape index (κ3) is 8.10. The maximum atomic E-state index is 12.8. The van der Waals surface area contributed by atoms with Crippen LogP contribution < -0.4 is 4.74 Å². The van der Waals surface area contributed by atoms with Crippen molar-refractivity contribution in [1.29, 1.82) is 0 Å². The Kier molecular flexibility index (Phi) is 9.64. The number of halogens is 2. The number of benzene rings is 2. The highest BCUT2D eigenvalue weighted by Gasteiger charge is 2.21. The van der Waals surface area contributed by atoms with Crippen LogP contribution in [-0.2, 0) is 24.7 Å². The molecule has 32 heavy (non-hydrogen) atoms. The Morgan fingerprint density at radius 3 is 2.28 bits per heavy atom. The van der Waals surface area contributed by atoms with E-state index >= 15 is 0 Å². The van der Waals surface area contributed by atoms with E-state index in [1.54, 1.807) is 44.2 Å². The van der Waals surface area contributed by atoms with Gasteiger partial charge in [-0.05, 0) is 87.5 Å². The molecule has 0 aliphatic carbocycles. The molecule has 2 aromatic carbocycles. The van der Waals surface area contributed by atoms with Crippen LogP contribution >= 0.6 is 39.2 Å². The number of carbonyl (C=O) groups is 1. The fourth-order valence-corrected chi connectivity index (χ4v) is 5.42. The van der Waals surface area contributed by atoms with Gasteiger partial charge in [-0.15, -0.1) is 0 Å².